The SMILES string of the molecule is c1ccc(-c2ccc(-c3nc(-c4ccccc4)c4c5cc6c(cc5c5ccccc5n34)c3ccccc3n6-c3ccccn3)cc2)cc1.c1ccc(-c2ccc(-c3nc(-c4ccccc4)c4c5ccc6c(c7ccccc7n6-c6ccccn6)c5c5ccccc5n34)cc2)cc1.c1ccc(-c2ccc(-c3nc(-c4ccccc4)c4c5ccc6c7ccccc7n(-c7ccccn7)c6c5c5ccccc5n34)cc2)cc1. The molecule has 0 saturated carbocycles. The first-order chi connectivity index (χ1) is 71.5. The second-order valence-corrected chi connectivity index (χ2v) is 36.7. The van der Waals surface area contributed by atoms with Crippen LogP contribution in [-0.2, 0) is 0 Å². The number of benzene rings is 18. The summed E-state index contributed by atoms with van der Waals surface area (Å²) in [5.74, 6) is 5.48. The molecule has 0 atom stereocenters. The van der Waals surface area contributed by atoms with E-state index in [9.17, 15) is 0 Å². The molecule has 12 aromatic heterocycles. The highest BCUT2D eigenvalue weighted by Gasteiger charge is 2.30. The third kappa shape index (κ3) is 13.4. The lowest BCUT2D eigenvalue weighted by atomic mass is 9.97. The molecule has 0 radical (unpaired) electrons. The molecule has 0 aliphatic carbocycles. The van der Waals surface area contributed by atoms with Crippen LogP contribution in [-0.4, -0.2) is 56.8 Å². The van der Waals surface area contributed by atoms with Crippen LogP contribution in [0.25, 0.3) is 266 Å². The van der Waals surface area contributed by atoms with Crippen molar-refractivity contribution >= 4 is 147 Å². The molecule has 30 rings (SSSR count). The molecule has 12 heteroatoms. The van der Waals surface area contributed by atoms with Crippen LogP contribution in [0.3, 0.4) is 0 Å². The average Bonchev–Trinajstić information content (AvgIpc) is 1.53. The zero-order valence-corrected chi connectivity index (χ0v) is 77.9. The zero-order valence-electron chi connectivity index (χ0n) is 77.9. The number of para-hydroxylation sites is 6. The molecule has 0 fully saturated rings. The fourth-order valence-electron chi connectivity index (χ4n) is 22.4. The number of hydrogen-bond acceptors (Lipinski definition) is 6. The molecule has 12 heterocycles. The van der Waals surface area contributed by atoms with E-state index in [-0.39, 0.29) is 0 Å². The molecule has 18 aromatic carbocycles. The van der Waals surface area contributed by atoms with E-state index >= 15 is 0 Å². The first-order valence-corrected chi connectivity index (χ1v) is 48.8. The minimum atomic E-state index is 0.899. The Morgan fingerprint density at radius 1 is 0.139 bits per heavy atom. The first-order valence-electron chi connectivity index (χ1n) is 48.8. The maximum atomic E-state index is 5.48. The van der Waals surface area contributed by atoms with Gasteiger partial charge in [-0.25, -0.2) is 29.9 Å². The Kier molecular flexibility index (Phi) is 19.7. The van der Waals surface area contributed by atoms with Gasteiger partial charge in [-0.1, -0.05) is 400 Å². The molecule has 0 aliphatic heterocycles. The van der Waals surface area contributed by atoms with Gasteiger partial charge in [-0.05, 0) is 130 Å². The fraction of sp³-hybridized carbons (Fsp3) is 0. The molecule has 0 aliphatic rings. The second-order valence-electron chi connectivity index (χ2n) is 36.7. The van der Waals surface area contributed by atoms with Crippen molar-refractivity contribution in [1.82, 2.24) is 56.8 Å². The highest BCUT2D eigenvalue weighted by molar-refractivity contribution is 6.33. The van der Waals surface area contributed by atoms with Gasteiger partial charge in [0.25, 0.3) is 0 Å². The summed E-state index contributed by atoms with van der Waals surface area (Å²) in [4.78, 5) is 30.9. The zero-order chi connectivity index (χ0) is 94.8. The molecule has 0 amide bonds. The van der Waals surface area contributed by atoms with Crippen molar-refractivity contribution in [2.45, 2.75) is 0 Å². The summed E-state index contributed by atoms with van der Waals surface area (Å²) in [5.41, 5.74) is 30.0. The summed E-state index contributed by atoms with van der Waals surface area (Å²) in [7, 11) is 0. The third-order valence-electron chi connectivity index (χ3n) is 28.7. The number of aromatic nitrogens is 12. The summed E-state index contributed by atoms with van der Waals surface area (Å²) >= 11 is 0. The summed E-state index contributed by atoms with van der Waals surface area (Å²) in [6.45, 7) is 0. The lowest BCUT2D eigenvalue weighted by molar-refractivity contribution is 1.08. The van der Waals surface area contributed by atoms with Gasteiger partial charge in [0.15, 0.2) is 0 Å². The summed E-state index contributed by atoms with van der Waals surface area (Å²) in [6.07, 6.45) is 5.60. The highest BCUT2D eigenvalue weighted by atomic mass is 15.1. The molecule has 144 heavy (non-hydrogen) atoms. The van der Waals surface area contributed by atoms with Crippen molar-refractivity contribution in [3.63, 3.8) is 0 Å². The minimum absolute atomic E-state index is 0.899. The van der Waals surface area contributed by atoms with Crippen LogP contribution < -0.4 is 0 Å². The first kappa shape index (κ1) is 82.7. The van der Waals surface area contributed by atoms with E-state index in [1.165, 1.54) is 103 Å². The van der Waals surface area contributed by atoms with Crippen molar-refractivity contribution in [3.05, 3.63) is 510 Å². The van der Waals surface area contributed by atoms with Gasteiger partial charge < -0.3 is 0 Å². The summed E-state index contributed by atoms with van der Waals surface area (Å²) in [5, 5.41) is 17.9. The molecule has 12 nitrogen and oxygen atoms in total. The second kappa shape index (κ2) is 34.3. The van der Waals surface area contributed by atoms with Crippen LogP contribution in [0.2, 0.25) is 0 Å². The fourth-order valence-corrected chi connectivity index (χ4v) is 22.4. The van der Waals surface area contributed by atoms with E-state index in [0.29, 0.717) is 0 Å². The maximum Gasteiger partial charge on any atom is 0.145 e. The van der Waals surface area contributed by atoms with E-state index in [0.717, 1.165) is 162 Å². The Hall–Kier alpha value is -19.6. The third-order valence-corrected chi connectivity index (χ3v) is 28.7. The van der Waals surface area contributed by atoms with E-state index in [4.69, 9.17) is 29.9 Å². The molecular formula is C132H84N12. The predicted octanol–water partition coefficient (Wildman–Crippen LogP) is 33.4. The van der Waals surface area contributed by atoms with Gasteiger partial charge in [0, 0.05) is 127 Å². The number of hydrogen-bond donors (Lipinski definition) is 0. The van der Waals surface area contributed by atoms with Gasteiger partial charge in [-0.15, -0.1) is 0 Å². The van der Waals surface area contributed by atoms with Gasteiger partial charge >= 0.3 is 0 Å². The molecule has 672 valence electrons. The Bertz CT molecular complexity index is 10100. The molecule has 30 aromatic rings. The number of rotatable bonds is 12. The van der Waals surface area contributed by atoms with Gasteiger partial charge in [-0.3, -0.25) is 26.9 Å². The number of fused-ring (bicyclic) bond motifs is 29. The smallest absolute Gasteiger partial charge is 0.145 e. The number of pyridine rings is 6. The van der Waals surface area contributed by atoms with Gasteiger partial charge in [0.05, 0.1) is 83.3 Å². The maximum absolute atomic E-state index is 5.48. The molecule has 0 spiro atoms. The lowest BCUT2D eigenvalue weighted by Crippen LogP contribution is -1.99. The van der Waals surface area contributed by atoms with E-state index in [1.54, 1.807) is 0 Å². The monoisotopic (exact) mass is 1840 g/mol. The van der Waals surface area contributed by atoms with Crippen molar-refractivity contribution < 1.29 is 0 Å². The number of imidazole rings is 3. The molecule has 0 N–H and O–H groups in total. The van der Waals surface area contributed by atoms with Crippen LogP contribution in [0.5, 0.6) is 0 Å². The van der Waals surface area contributed by atoms with Crippen molar-refractivity contribution in [3.8, 4) is 119 Å². The molecule has 0 saturated heterocycles. The summed E-state index contributed by atoms with van der Waals surface area (Å²) in [6, 6.07) is 174. The van der Waals surface area contributed by atoms with Crippen LogP contribution in [0, 0.1) is 0 Å². The van der Waals surface area contributed by atoms with Gasteiger partial charge in [0.1, 0.15) is 34.9 Å². The molecule has 0 bridgehead atoms. The van der Waals surface area contributed by atoms with Crippen LogP contribution in [0.15, 0.2) is 510 Å². The largest absolute Gasteiger partial charge is 0.294 e. The molecule has 0 unspecified atom stereocenters. The predicted molar refractivity (Wildman–Crippen MR) is 596 cm³/mol. The van der Waals surface area contributed by atoms with E-state index in [2.05, 4.69) is 500 Å². The van der Waals surface area contributed by atoms with Crippen LogP contribution in [0.1, 0.15) is 0 Å². The van der Waals surface area contributed by atoms with Gasteiger partial charge in [0.2, 0.25) is 0 Å². The van der Waals surface area contributed by atoms with Crippen LogP contribution >= 0.6 is 0 Å². The normalized spacial score (nSPS) is 11.8. The topological polar surface area (TPSA) is 105 Å². The molecular weight excluding hydrogens is 1750 g/mol. The standard InChI is InChI=1S/3C44H28N4/c1-3-13-29(14-4-1)30-22-24-32(25-23-30)44-46-42(31-15-5-2-6-16-31)43-35-26-27-38-41(40(35)33-17-7-10-20-37(33)48(43)44)34-18-8-9-19-36(34)47(38)39-21-11-12-28-45-39;1-3-13-29(14-4-1)30-22-24-32(25-23-30)44-46-42(31-15-5-2-6-16-31)43-37-28-40-36(27-35(37)33-17-7-10-20-39(33)48(43)44)34-18-8-9-19-38(34)47(40)41-21-11-12-26-45-41;1-3-13-29(14-4-1)30-22-24-32(25-23-30)44-46-41(31-15-5-2-6-16-31)43-36-27-26-34-33-17-7-9-19-37(33)47(39-21-11-12-28-45-39)42(34)40(36)35-18-8-10-20-38(35)48(43)44/h3*1-28H. The highest BCUT2D eigenvalue weighted by Crippen LogP contribution is 2.50. The Morgan fingerprint density at radius 3 is 0.826 bits per heavy atom. The number of nitrogens with zero attached hydrogens (tertiary/aromatic N) is 12. The lowest BCUT2D eigenvalue weighted by Gasteiger charge is -2.15. The Balaban J connectivity index is 0.000000105. The van der Waals surface area contributed by atoms with Crippen molar-refractivity contribution in [2.75, 3.05) is 0 Å². The average molecular weight is 1840 g/mol. The Morgan fingerprint density at radius 2 is 0.417 bits per heavy atom. The van der Waals surface area contributed by atoms with Crippen molar-refractivity contribution in [1.29, 1.82) is 0 Å². The quantitative estimate of drug-likeness (QED) is 0.113. The minimum Gasteiger partial charge on any atom is -0.294 e. The van der Waals surface area contributed by atoms with E-state index < -0.39 is 0 Å². The summed E-state index contributed by atoms with van der Waals surface area (Å²) < 4.78 is 14.0. The Labute approximate surface area is 826 Å². The van der Waals surface area contributed by atoms with Crippen LogP contribution in [0.4, 0.5) is 0 Å². The van der Waals surface area contributed by atoms with Gasteiger partial charge in [-0.2, -0.15) is 0 Å². The van der Waals surface area contributed by atoms with E-state index in [1.807, 2.05) is 36.8 Å². The van der Waals surface area contributed by atoms with Crippen molar-refractivity contribution in [2.24, 2.45) is 0 Å².